The van der Waals surface area contributed by atoms with Crippen molar-refractivity contribution < 1.29 is 0 Å². The molecule has 0 aliphatic heterocycles. The number of hydrogen-bond donors (Lipinski definition) is 0. The van der Waals surface area contributed by atoms with Crippen LogP contribution in [0.15, 0.2) is 72.9 Å². The van der Waals surface area contributed by atoms with Gasteiger partial charge < -0.3 is 0 Å². The van der Waals surface area contributed by atoms with Crippen LogP contribution in [-0.2, 0) is 0 Å². The molecule has 0 saturated heterocycles. The summed E-state index contributed by atoms with van der Waals surface area (Å²) in [5.41, 5.74) is 0. The third kappa shape index (κ3) is 48.7. The zero-order valence-electron chi connectivity index (χ0n) is 40.1. The SMILES string of the molecule is CCCCC/C=C\C/C=C\CCCCCCCCN(C)CN(CCCCCCCC/C=C\C/C=C\CCCCC)CCCCCCCC/C=C\C/C=C\CCCCC. The lowest BCUT2D eigenvalue weighted by atomic mass is 10.1. The Balaban J connectivity index is 4.24. The second kappa shape index (κ2) is 51.5. The lowest BCUT2D eigenvalue weighted by Crippen LogP contribution is -2.37. The maximum atomic E-state index is 2.79. The summed E-state index contributed by atoms with van der Waals surface area (Å²) in [6.07, 6.45) is 76.4. The van der Waals surface area contributed by atoms with Crippen LogP contribution in [0, 0.1) is 0 Å². The van der Waals surface area contributed by atoms with Crippen molar-refractivity contribution in [3.63, 3.8) is 0 Å². The first kappa shape index (κ1) is 56.4. The number of unbranched alkanes of at least 4 members (excludes halogenated alkanes) is 27. The Morgan fingerprint density at radius 1 is 0.259 bits per heavy atom. The second-order valence-corrected chi connectivity index (χ2v) is 17.6. The molecule has 0 unspecified atom stereocenters. The predicted molar refractivity (Wildman–Crippen MR) is 267 cm³/mol. The highest BCUT2D eigenvalue weighted by atomic mass is 15.3. The fourth-order valence-electron chi connectivity index (χ4n) is 7.68. The van der Waals surface area contributed by atoms with E-state index in [9.17, 15) is 0 Å². The standard InChI is InChI=1S/C56H104N2/c1-5-8-11-14-17-20-23-26-29-32-35-38-41-44-47-50-53-57(4)56-58(54-51-48-45-42-39-36-33-30-27-24-21-18-15-12-9-6-2)55-52-49-46-43-40-37-34-31-28-25-22-19-16-13-10-7-3/h17-22,26-31H,5-16,23-25,32-56H2,1-4H3/b20-17-,21-18-,22-19-,29-26-,30-27-,31-28-. The van der Waals surface area contributed by atoms with Crippen molar-refractivity contribution >= 4 is 0 Å². The summed E-state index contributed by atoms with van der Waals surface area (Å²) in [4.78, 5) is 5.41. The molecule has 2 heteroatoms. The van der Waals surface area contributed by atoms with Gasteiger partial charge in [0.05, 0.1) is 6.67 Å². The monoisotopic (exact) mass is 805 g/mol. The van der Waals surface area contributed by atoms with E-state index in [1.54, 1.807) is 0 Å². The lowest BCUT2D eigenvalue weighted by Gasteiger charge is -2.28. The summed E-state index contributed by atoms with van der Waals surface area (Å²) in [5.74, 6) is 0. The van der Waals surface area contributed by atoms with Crippen molar-refractivity contribution in [2.75, 3.05) is 33.4 Å². The molecule has 0 saturated carbocycles. The molecule has 58 heavy (non-hydrogen) atoms. The molecule has 338 valence electrons. The minimum atomic E-state index is 1.11. The molecule has 0 aliphatic carbocycles. The summed E-state index contributed by atoms with van der Waals surface area (Å²) >= 11 is 0. The molecule has 0 N–H and O–H groups in total. The largest absolute Gasteiger partial charge is 0.294 e. The molecule has 0 spiro atoms. The van der Waals surface area contributed by atoms with Gasteiger partial charge in [0.15, 0.2) is 0 Å². The molecule has 0 radical (unpaired) electrons. The highest BCUT2D eigenvalue weighted by Crippen LogP contribution is 2.13. The fraction of sp³-hybridized carbons (Fsp3) is 0.786. The molecule has 0 fully saturated rings. The molecular formula is C56H104N2. The summed E-state index contributed by atoms with van der Waals surface area (Å²) in [7, 11) is 2.37. The second-order valence-electron chi connectivity index (χ2n) is 17.6. The topological polar surface area (TPSA) is 6.48 Å². The lowest BCUT2D eigenvalue weighted by molar-refractivity contribution is 0.147. The molecule has 2 nitrogen and oxygen atoms in total. The Morgan fingerprint density at radius 2 is 0.500 bits per heavy atom. The third-order valence-electron chi connectivity index (χ3n) is 11.5. The van der Waals surface area contributed by atoms with Crippen LogP contribution in [0.1, 0.15) is 252 Å². The molecule has 0 bridgehead atoms. The average Bonchev–Trinajstić information content (AvgIpc) is 3.23. The molecule has 0 amide bonds. The normalized spacial score (nSPS) is 12.7. The number of allylic oxidation sites excluding steroid dienone is 12. The van der Waals surface area contributed by atoms with E-state index in [1.165, 1.54) is 232 Å². The zero-order chi connectivity index (χ0) is 41.9. The van der Waals surface area contributed by atoms with Crippen LogP contribution in [0.2, 0.25) is 0 Å². The van der Waals surface area contributed by atoms with Gasteiger partial charge in [-0.15, -0.1) is 0 Å². The number of nitrogens with zero attached hydrogens (tertiary/aromatic N) is 2. The molecule has 0 aromatic carbocycles. The van der Waals surface area contributed by atoms with Crippen LogP contribution in [0.4, 0.5) is 0 Å². The Hall–Kier alpha value is -1.64. The molecule has 0 aliphatic rings. The first-order chi connectivity index (χ1) is 28.7. The number of hydrogen-bond acceptors (Lipinski definition) is 2. The fourth-order valence-corrected chi connectivity index (χ4v) is 7.68. The molecule has 0 heterocycles. The highest BCUT2D eigenvalue weighted by molar-refractivity contribution is 4.94. The van der Waals surface area contributed by atoms with E-state index in [0.29, 0.717) is 0 Å². The van der Waals surface area contributed by atoms with Gasteiger partial charge in [-0.25, -0.2) is 0 Å². The zero-order valence-corrected chi connectivity index (χ0v) is 40.1. The van der Waals surface area contributed by atoms with Gasteiger partial charge in [0, 0.05) is 0 Å². The molecule has 0 aromatic heterocycles. The smallest absolute Gasteiger partial charge is 0.0503 e. The summed E-state index contributed by atoms with van der Waals surface area (Å²) < 4.78 is 0. The van der Waals surface area contributed by atoms with Crippen LogP contribution in [0.3, 0.4) is 0 Å². The van der Waals surface area contributed by atoms with Gasteiger partial charge in [-0.05, 0) is 142 Å². The van der Waals surface area contributed by atoms with Crippen LogP contribution in [0.25, 0.3) is 0 Å². The minimum absolute atomic E-state index is 1.11. The van der Waals surface area contributed by atoms with Crippen molar-refractivity contribution in [1.29, 1.82) is 0 Å². The maximum absolute atomic E-state index is 2.79. The first-order valence-electron chi connectivity index (χ1n) is 26.0. The van der Waals surface area contributed by atoms with Crippen LogP contribution in [-0.4, -0.2) is 43.2 Å². The minimum Gasteiger partial charge on any atom is -0.294 e. The van der Waals surface area contributed by atoms with Gasteiger partial charge in [-0.3, -0.25) is 9.80 Å². The van der Waals surface area contributed by atoms with Crippen molar-refractivity contribution in [2.45, 2.75) is 252 Å². The number of rotatable bonds is 47. The first-order valence-corrected chi connectivity index (χ1v) is 26.0. The van der Waals surface area contributed by atoms with E-state index in [2.05, 4.69) is 111 Å². The van der Waals surface area contributed by atoms with E-state index in [-0.39, 0.29) is 0 Å². The van der Waals surface area contributed by atoms with Gasteiger partial charge in [-0.1, -0.05) is 209 Å². The van der Waals surface area contributed by atoms with Crippen LogP contribution < -0.4 is 0 Å². The highest BCUT2D eigenvalue weighted by Gasteiger charge is 2.08. The van der Waals surface area contributed by atoms with Crippen LogP contribution >= 0.6 is 0 Å². The predicted octanol–water partition coefficient (Wildman–Crippen LogP) is 18.6. The Kier molecular flexibility index (Phi) is 50.0. The van der Waals surface area contributed by atoms with Gasteiger partial charge >= 0.3 is 0 Å². The van der Waals surface area contributed by atoms with E-state index in [1.807, 2.05) is 0 Å². The van der Waals surface area contributed by atoms with Crippen molar-refractivity contribution in [1.82, 2.24) is 9.80 Å². The van der Waals surface area contributed by atoms with Gasteiger partial charge in [0.25, 0.3) is 0 Å². The van der Waals surface area contributed by atoms with Gasteiger partial charge in [-0.2, -0.15) is 0 Å². The summed E-state index contributed by atoms with van der Waals surface area (Å²) in [5, 5.41) is 0. The summed E-state index contributed by atoms with van der Waals surface area (Å²) in [6, 6.07) is 0. The summed E-state index contributed by atoms with van der Waals surface area (Å²) in [6.45, 7) is 11.8. The van der Waals surface area contributed by atoms with E-state index < -0.39 is 0 Å². The average molecular weight is 805 g/mol. The van der Waals surface area contributed by atoms with Crippen molar-refractivity contribution in [3.05, 3.63) is 72.9 Å². The maximum Gasteiger partial charge on any atom is 0.0503 e. The molecule has 0 atom stereocenters. The molecule has 0 aromatic rings. The van der Waals surface area contributed by atoms with E-state index in [4.69, 9.17) is 0 Å². The third-order valence-corrected chi connectivity index (χ3v) is 11.5. The van der Waals surface area contributed by atoms with Crippen molar-refractivity contribution in [2.24, 2.45) is 0 Å². The van der Waals surface area contributed by atoms with Crippen LogP contribution in [0.5, 0.6) is 0 Å². The Bertz CT molecular complexity index is 890. The molecule has 0 rings (SSSR count). The molecular weight excluding hydrogens is 701 g/mol. The van der Waals surface area contributed by atoms with E-state index >= 15 is 0 Å². The quantitative estimate of drug-likeness (QED) is 0.0343. The van der Waals surface area contributed by atoms with Crippen molar-refractivity contribution in [3.8, 4) is 0 Å². The van der Waals surface area contributed by atoms with Gasteiger partial charge in [0.2, 0.25) is 0 Å². The Labute approximate surface area is 366 Å². The van der Waals surface area contributed by atoms with E-state index in [0.717, 1.165) is 25.9 Å². The Morgan fingerprint density at radius 3 is 0.793 bits per heavy atom. The van der Waals surface area contributed by atoms with Gasteiger partial charge in [0.1, 0.15) is 0 Å².